The van der Waals surface area contributed by atoms with Crippen LogP contribution in [0, 0.1) is 5.82 Å². The SMILES string of the molecule is C=N/C(CCc1c(C2CCC2)ccc(-c2cnc(NC)cn2)c1F)=N\CCC. The Morgan fingerprint density at radius 3 is 2.68 bits per heavy atom. The van der Waals surface area contributed by atoms with Crippen molar-refractivity contribution in [2.75, 3.05) is 18.9 Å². The van der Waals surface area contributed by atoms with Gasteiger partial charge in [0.1, 0.15) is 17.5 Å². The standard InChI is InChI=1S/C22H28FN5/c1-4-12-26-20(24-2)11-10-17-16(15-6-5-7-15)8-9-18(22(17)23)19-13-28-21(25-3)14-27-19/h8-9,13-15H,2,4-7,10-12H2,1,3H3,(H,25,28)/b26-20-. The first-order chi connectivity index (χ1) is 13.7. The second kappa shape index (κ2) is 9.53. The van der Waals surface area contributed by atoms with E-state index in [0.717, 1.165) is 36.9 Å². The lowest BCUT2D eigenvalue weighted by molar-refractivity contribution is 0.414. The molecule has 0 atom stereocenters. The number of halogens is 1. The van der Waals surface area contributed by atoms with Crippen LogP contribution in [-0.2, 0) is 6.42 Å². The fourth-order valence-corrected chi connectivity index (χ4v) is 3.47. The molecule has 2 aromatic rings. The van der Waals surface area contributed by atoms with Gasteiger partial charge in [-0.25, -0.2) is 14.4 Å². The normalized spacial score (nSPS) is 14.6. The highest BCUT2D eigenvalue weighted by Crippen LogP contribution is 2.40. The van der Waals surface area contributed by atoms with E-state index in [4.69, 9.17) is 0 Å². The van der Waals surface area contributed by atoms with Crippen molar-refractivity contribution in [2.45, 2.75) is 51.4 Å². The molecule has 3 rings (SSSR count). The summed E-state index contributed by atoms with van der Waals surface area (Å²) in [6, 6.07) is 3.91. The number of anilines is 1. The maximum atomic E-state index is 15.6. The van der Waals surface area contributed by atoms with E-state index in [2.05, 4.69) is 45.0 Å². The highest BCUT2D eigenvalue weighted by atomic mass is 19.1. The summed E-state index contributed by atoms with van der Waals surface area (Å²) in [6.45, 7) is 6.41. The Balaban J connectivity index is 1.93. The smallest absolute Gasteiger partial charge is 0.144 e. The second-order valence-electron chi connectivity index (χ2n) is 7.12. The van der Waals surface area contributed by atoms with Crippen LogP contribution in [0.1, 0.15) is 56.1 Å². The largest absolute Gasteiger partial charge is 0.372 e. The Kier molecular flexibility index (Phi) is 6.85. The molecule has 1 heterocycles. The van der Waals surface area contributed by atoms with Crippen molar-refractivity contribution >= 4 is 18.4 Å². The molecule has 0 aliphatic heterocycles. The molecule has 28 heavy (non-hydrogen) atoms. The predicted octanol–water partition coefficient (Wildman–Crippen LogP) is 5.03. The number of hydrogen-bond acceptors (Lipinski definition) is 4. The molecule has 0 radical (unpaired) electrons. The molecule has 0 spiro atoms. The van der Waals surface area contributed by atoms with E-state index in [-0.39, 0.29) is 5.82 Å². The van der Waals surface area contributed by atoms with E-state index >= 15 is 4.39 Å². The lowest BCUT2D eigenvalue weighted by Gasteiger charge is -2.28. The first-order valence-corrected chi connectivity index (χ1v) is 9.99. The number of aliphatic imine (C=N–C) groups is 2. The molecule has 1 N–H and O–H groups in total. The second-order valence-corrected chi connectivity index (χ2v) is 7.12. The summed E-state index contributed by atoms with van der Waals surface area (Å²) in [6.07, 6.45) is 8.79. The lowest BCUT2D eigenvalue weighted by atomic mass is 9.77. The predicted molar refractivity (Wildman–Crippen MR) is 114 cm³/mol. The van der Waals surface area contributed by atoms with Crippen LogP contribution in [0.25, 0.3) is 11.3 Å². The van der Waals surface area contributed by atoms with Gasteiger partial charge < -0.3 is 5.32 Å². The molecular weight excluding hydrogens is 353 g/mol. The lowest BCUT2D eigenvalue weighted by Crippen LogP contribution is -2.14. The van der Waals surface area contributed by atoms with Crippen molar-refractivity contribution in [1.82, 2.24) is 9.97 Å². The molecule has 1 fully saturated rings. The zero-order chi connectivity index (χ0) is 19.9. The number of aromatic nitrogens is 2. The van der Waals surface area contributed by atoms with Crippen LogP contribution in [0.4, 0.5) is 10.2 Å². The Hall–Kier alpha value is -2.63. The van der Waals surface area contributed by atoms with Crippen molar-refractivity contribution in [3.05, 3.63) is 41.5 Å². The first kappa shape index (κ1) is 20.1. The van der Waals surface area contributed by atoms with Gasteiger partial charge in [0.25, 0.3) is 0 Å². The fraction of sp³-hybridized carbons (Fsp3) is 0.455. The molecule has 5 nitrogen and oxygen atoms in total. The van der Waals surface area contributed by atoms with Gasteiger partial charge in [-0.2, -0.15) is 0 Å². The maximum Gasteiger partial charge on any atom is 0.144 e. The Morgan fingerprint density at radius 2 is 2.11 bits per heavy atom. The summed E-state index contributed by atoms with van der Waals surface area (Å²) in [5.74, 6) is 1.60. The zero-order valence-corrected chi connectivity index (χ0v) is 16.7. The van der Waals surface area contributed by atoms with Crippen LogP contribution in [0.3, 0.4) is 0 Å². The average Bonchev–Trinajstić information content (AvgIpc) is 2.68. The van der Waals surface area contributed by atoms with Gasteiger partial charge in [-0.3, -0.25) is 9.98 Å². The average molecular weight is 381 g/mol. The number of benzene rings is 1. The van der Waals surface area contributed by atoms with E-state index in [1.807, 2.05) is 6.07 Å². The van der Waals surface area contributed by atoms with Gasteiger partial charge in [-0.1, -0.05) is 19.4 Å². The third-order valence-electron chi connectivity index (χ3n) is 5.31. The van der Waals surface area contributed by atoms with Crippen LogP contribution in [0.2, 0.25) is 0 Å². The molecule has 1 saturated carbocycles. The molecule has 0 bridgehead atoms. The number of nitrogens with zero attached hydrogens (tertiary/aromatic N) is 4. The molecule has 1 aromatic heterocycles. The third kappa shape index (κ3) is 4.43. The van der Waals surface area contributed by atoms with Gasteiger partial charge in [-0.15, -0.1) is 0 Å². The van der Waals surface area contributed by atoms with Crippen molar-refractivity contribution < 1.29 is 4.39 Å². The molecule has 0 amide bonds. The highest BCUT2D eigenvalue weighted by molar-refractivity contribution is 5.86. The van der Waals surface area contributed by atoms with Crippen molar-refractivity contribution in [3.8, 4) is 11.3 Å². The minimum Gasteiger partial charge on any atom is -0.372 e. The van der Waals surface area contributed by atoms with Crippen LogP contribution in [0.15, 0.2) is 34.5 Å². The minimum absolute atomic E-state index is 0.199. The maximum absolute atomic E-state index is 15.6. The van der Waals surface area contributed by atoms with Gasteiger partial charge in [-0.05, 0) is 55.5 Å². The molecule has 6 heteroatoms. The number of nitrogens with one attached hydrogen (secondary N) is 1. The monoisotopic (exact) mass is 381 g/mol. The van der Waals surface area contributed by atoms with E-state index in [0.29, 0.717) is 41.7 Å². The highest BCUT2D eigenvalue weighted by Gasteiger charge is 2.25. The van der Waals surface area contributed by atoms with Crippen LogP contribution in [0.5, 0.6) is 0 Å². The quantitative estimate of drug-likeness (QED) is 0.515. The topological polar surface area (TPSA) is 62.5 Å². The number of hydrogen-bond donors (Lipinski definition) is 1. The molecular formula is C22H28FN5. The Bertz CT molecular complexity index is 841. The summed E-state index contributed by atoms with van der Waals surface area (Å²) in [7, 11) is 1.78. The van der Waals surface area contributed by atoms with Gasteiger partial charge >= 0.3 is 0 Å². The van der Waals surface area contributed by atoms with E-state index in [1.165, 1.54) is 6.42 Å². The molecule has 148 valence electrons. The van der Waals surface area contributed by atoms with Gasteiger partial charge in [0.15, 0.2) is 0 Å². The van der Waals surface area contributed by atoms with Gasteiger partial charge in [0, 0.05) is 25.6 Å². The molecule has 0 unspecified atom stereocenters. The minimum atomic E-state index is -0.199. The van der Waals surface area contributed by atoms with Crippen LogP contribution >= 0.6 is 0 Å². The van der Waals surface area contributed by atoms with Gasteiger partial charge in [0.2, 0.25) is 0 Å². The molecule has 1 aliphatic rings. The van der Waals surface area contributed by atoms with Crippen LogP contribution < -0.4 is 5.32 Å². The van der Waals surface area contributed by atoms with Crippen molar-refractivity contribution in [3.63, 3.8) is 0 Å². The Labute approximate surface area is 166 Å². The van der Waals surface area contributed by atoms with Crippen LogP contribution in [-0.4, -0.2) is 36.1 Å². The van der Waals surface area contributed by atoms with Crippen molar-refractivity contribution in [1.29, 1.82) is 0 Å². The molecule has 0 saturated heterocycles. The summed E-state index contributed by atoms with van der Waals surface area (Å²) in [5, 5.41) is 2.93. The zero-order valence-electron chi connectivity index (χ0n) is 16.7. The van der Waals surface area contributed by atoms with Crippen molar-refractivity contribution in [2.24, 2.45) is 9.98 Å². The van der Waals surface area contributed by atoms with Gasteiger partial charge in [0.05, 0.1) is 18.1 Å². The summed E-state index contributed by atoms with van der Waals surface area (Å²) in [4.78, 5) is 17.1. The third-order valence-corrected chi connectivity index (χ3v) is 5.31. The first-order valence-electron chi connectivity index (χ1n) is 9.99. The summed E-state index contributed by atoms with van der Waals surface area (Å²) >= 11 is 0. The molecule has 1 aliphatic carbocycles. The van der Waals surface area contributed by atoms with E-state index in [9.17, 15) is 0 Å². The van der Waals surface area contributed by atoms with E-state index in [1.54, 1.807) is 19.4 Å². The fourth-order valence-electron chi connectivity index (χ4n) is 3.47. The summed E-state index contributed by atoms with van der Waals surface area (Å²) in [5.41, 5.74) is 2.91. The number of amidine groups is 1. The van der Waals surface area contributed by atoms with E-state index < -0.39 is 0 Å². The Morgan fingerprint density at radius 1 is 1.29 bits per heavy atom. The molecule has 1 aromatic carbocycles. The summed E-state index contributed by atoms with van der Waals surface area (Å²) < 4.78 is 15.6. The number of rotatable bonds is 8.